The van der Waals surface area contributed by atoms with Crippen molar-refractivity contribution >= 4 is 41.5 Å². The van der Waals surface area contributed by atoms with E-state index in [1.54, 1.807) is 67.3 Å². The van der Waals surface area contributed by atoms with Crippen molar-refractivity contribution in [3.8, 4) is 17.6 Å². The number of morpholine rings is 1. The van der Waals surface area contributed by atoms with Crippen molar-refractivity contribution in [1.82, 2.24) is 15.5 Å². The van der Waals surface area contributed by atoms with Gasteiger partial charge < -0.3 is 41.4 Å². The minimum Gasteiger partial charge on any atom is -0.491 e. The largest absolute Gasteiger partial charge is 0.491 e. The molecule has 7 atom stereocenters. The van der Waals surface area contributed by atoms with Crippen LogP contribution in [-0.4, -0.2) is 84.8 Å². The minimum absolute atomic E-state index is 0.0229. The number of ether oxygens (including phenoxy) is 3. The molecule has 3 aliphatic heterocycles. The Morgan fingerprint density at radius 1 is 0.903 bits per heavy atom. The molecule has 0 bridgehead atoms. The van der Waals surface area contributed by atoms with Gasteiger partial charge in [-0.25, -0.2) is 19.3 Å². The lowest BCUT2D eigenvalue weighted by Gasteiger charge is -2.46. The van der Waals surface area contributed by atoms with E-state index in [2.05, 4.69) is 22.5 Å². The average Bonchev–Trinajstić information content (AvgIpc) is 3.72. The molecule has 7 N–H and O–H groups in total. The van der Waals surface area contributed by atoms with Gasteiger partial charge >= 0.3 is 24.0 Å². The molecule has 0 aliphatic carbocycles. The normalized spacial score (nSPS) is 23.0. The molecule has 2 saturated heterocycles. The number of imide groups is 1. The maximum Gasteiger partial charge on any atom is 0.329 e. The van der Waals surface area contributed by atoms with E-state index in [0.717, 1.165) is 4.90 Å². The number of esters is 2. The predicted molar refractivity (Wildman–Crippen MR) is 224 cm³/mol. The van der Waals surface area contributed by atoms with Gasteiger partial charge in [-0.15, -0.1) is 0 Å². The SMILES string of the molecule is COC(=O)C(NC(=O)N1C(=O)C2(c3cc(C#CCNC(N)=O)ccc31)C(C(N)=O)C1C(=O)OC(c3ccccc3)C(c3ccccc3)N1C2c1ccccc1OCCO)C(C)C. The van der Waals surface area contributed by atoms with Crippen LogP contribution in [-0.2, 0) is 34.1 Å². The molecular formula is C46H46N6O10. The van der Waals surface area contributed by atoms with Crippen molar-refractivity contribution in [2.24, 2.45) is 23.3 Å². The van der Waals surface area contributed by atoms with Gasteiger partial charge in [0.15, 0.2) is 0 Å². The van der Waals surface area contributed by atoms with Crippen molar-refractivity contribution in [2.45, 2.75) is 49.5 Å². The highest BCUT2D eigenvalue weighted by molar-refractivity contribution is 6.25. The molecule has 0 aromatic heterocycles. The van der Waals surface area contributed by atoms with Gasteiger partial charge in [0.2, 0.25) is 11.8 Å². The summed E-state index contributed by atoms with van der Waals surface area (Å²) in [6.45, 7) is 2.74. The van der Waals surface area contributed by atoms with E-state index >= 15 is 4.79 Å². The zero-order valence-corrected chi connectivity index (χ0v) is 34.1. The Morgan fingerprint density at radius 3 is 2.19 bits per heavy atom. The number of primary amides is 2. The molecule has 16 heteroatoms. The highest BCUT2D eigenvalue weighted by Crippen LogP contribution is 2.66. The van der Waals surface area contributed by atoms with Gasteiger partial charge in [-0.1, -0.05) is 105 Å². The molecular weight excluding hydrogens is 797 g/mol. The Hall–Kier alpha value is -7.22. The van der Waals surface area contributed by atoms with Crippen molar-refractivity contribution in [3.63, 3.8) is 0 Å². The number of fused-ring (bicyclic) bond motifs is 3. The Morgan fingerprint density at radius 2 is 1.56 bits per heavy atom. The van der Waals surface area contributed by atoms with Crippen LogP contribution >= 0.6 is 0 Å². The van der Waals surface area contributed by atoms with Crippen LogP contribution in [0.2, 0.25) is 0 Å². The molecule has 4 aromatic carbocycles. The molecule has 0 radical (unpaired) electrons. The Labute approximate surface area is 357 Å². The number of benzene rings is 4. The zero-order valence-electron chi connectivity index (χ0n) is 34.1. The number of aliphatic hydroxyl groups excluding tert-OH is 1. The number of urea groups is 2. The summed E-state index contributed by atoms with van der Waals surface area (Å²) in [5.74, 6) is 0.203. The fourth-order valence-electron chi connectivity index (χ4n) is 9.08. The number of cyclic esters (lactones) is 1. The van der Waals surface area contributed by atoms with Crippen LogP contribution in [0.15, 0.2) is 103 Å². The van der Waals surface area contributed by atoms with Gasteiger partial charge in [0.05, 0.1) is 44.0 Å². The van der Waals surface area contributed by atoms with Crippen LogP contribution < -0.4 is 31.7 Å². The smallest absolute Gasteiger partial charge is 0.329 e. The summed E-state index contributed by atoms with van der Waals surface area (Å²) in [5, 5.41) is 15.0. The molecule has 3 aliphatic rings. The van der Waals surface area contributed by atoms with Crippen LogP contribution in [0.4, 0.5) is 15.3 Å². The molecule has 4 aromatic rings. The van der Waals surface area contributed by atoms with Crippen molar-refractivity contribution in [2.75, 3.05) is 31.8 Å². The summed E-state index contributed by atoms with van der Waals surface area (Å²) in [7, 11) is 1.18. The third kappa shape index (κ3) is 7.45. The number of amides is 6. The quantitative estimate of drug-likeness (QED) is 0.109. The Kier molecular flexibility index (Phi) is 12.3. The molecule has 7 rings (SSSR count). The number of methoxy groups -OCH3 is 1. The van der Waals surface area contributed by atoms with Crippen molar-refractivity contribution in [3.05, 3.63) is 131 Å². The first-order valence-corrected chi connectivity index (χ1v) is 20.0. The van der Waals surface area contributed by atoms with E-state index in [4.69, 9.17) is 25.7 Å². The molecule has 7 unspecified atom stereocenters. The zero-order chi connectivity index (χ0) is 44.3. The summed E-state index contributed by atoms with van der Waals surface area (Å²) in [6, 6.07) is 22.8. The first-order valence-electron chi connectivity index (χ1n) is 20.0. The number of carbonyl (C=O) groups excluding carboxylic acids is 6. The second kappa shape index (κ2) is 17.8. The fraction of sp³-hybridized carbons (Fsp3) is 0.304. The predicted octanol–water partition coefficient (Wildman–Crippen LogP) is 3.14. The van der Waals surface area contributed by atoms with Gasteiger partial charge in [-0.3, -0.25) is 19.3 Å². The number of hydrogen-bond donors (Lipinski definition) is 5. The first kappa shape index (κ1) is 42.9. The Balaban J connectivity index is 1.57. The summed E-state index contributed by atoms with van der Waals surface area (Å²) >= 11 is 0. The van der Waals surface area contributed by atoms with E-state index in [1.165, 1.54) is 13.2 Å². The number of aliphatic hydroxyl groups is 1. The number of nitrogens with zero attached hydrogens (tertiary/aromatic N) is 2. The molecule has 320 valence electrons. The molecule has 0 saturated carbocycles. The molecule has 6 amide bonds. The fourth-order valence-corrected chi connectivity index (χ4v) is 9.08. The van der Waals surface area contributed by atoms with Crippen LogP contribution in [0.5, 0.6) is 5.75 Å². The lowest BCUT2D eigenvalue weighted by Crippen LogP contribution is -2.57. The van der Waals surface area contributed by atoms with Crippen LogP contribution in [0.3, 0.4) is 0 Å². The third-order valence-corrected chi connectivity index (χ3v) is 11.5. The van der Waals surface area contributed by atoms with Crippen molar-refractivity contribution in [1.29, 1.82) is 0 Å². The molecule has 2 fully saturated rings. The number of anilines is 1. The average molecular weight is 843 g/mol. The van der Waals surface area contributed by atoms with Crippen LogP contribution in [0.25, 0.3) is 0 Å². The van der Waals surface area contributed by atoms with Crippen LogP contribution in [0, 0.1) is 23.7 Å². The lowest BCUT2D eigenvalue weighted by atomic mass is 9.65. The topological polar surface area (TPSA) is 233 Å². The summed E-state index contributed by atoms with van der Waals surface area (Å²) < 4.78 is 17.5. The second-order valence-electron chi connectivity index (χ2n) is 15.4. The number of rotatable bonds is 11. The monoisotopic (exact) mass is 842 g/mol. The number of carbonyl (C=O) groups is 6. The van der Waals surface area contributed by atoms with E-state index in [1.807, 2.05) is 48.5 Å². The summed E-state index contributed by atoms with van der Waals surface area (Å²) in [5.41, 5.74) is 11.5. The highest BCUT2D eigenvalue weighted by atomic mass is 16.6. The lowest BCUT2D eigenvalue weighted by molar-refractivity contribution is -0.178. The van der Waals surface area contributed by atoms with Gasteiger partial charge in [-0.2, -0.15) is 0 Å². The number of nitrogens with one attached hydrogen (secondary N) is 2. The first-order chi connectivity index (χ1) is 29.9. The highest BCUT2D eigenvalue weighted by Gasteiger charge is 2.75. The van der Waals surface area contributed by atoms with Gasteiger partial charge in [0.1, 0.15) is 36.0 Å². The molecule has 1 spiro atoms. The summed E-state index contributed by atoms with van der Waals surface area (Å²) in [6.07, 6.45) is -0.990. The van der Waals surface area contributed by atoms with Crippen LogP contribution in [0.1, 0.15) is 59.9 Å². The molecule has 16 nitrogen and oxygen atoms in total. The Bertz CT molecular complexity index is 2450. The summed E-state index contributed by atoms with van der Waals surface area (Å²) in [4.78, 5) is 87.3. The van der Waals surface area contributed by atoms with Gasteiger partial charge in [0.25, 0.3) is 0 Å². The standard InChI is InChI=1S/C46H46N6O10/c1-26(2)35(41(55)60-3)50-45(59)51-32-21-20-27(13-12-22-49-44(48)58)25-31(32)46(43(51)57)34(40(47)54)37-42(56)62-38(29-16-8-5-9-17-29)36(28-14-6-4-7-15-28)52(37)39(46)30-18-10-11-19-33(30)61-24-23-53/h4-11,14-21,25-26,34-39,53H,22-24H2,1-3H3,(H2,47,54)(H,50,59)(H3,48,49,58). The second-order valence-corrected chi connectivity index (χ2v) is 15.4. The van der Waals surface area contributed by atoms with Gasteiger partial charge in [0, 0.05) is 11.1 Å². The maximum atomic E-state index is 16.1. The number of nitrogens with two attached hydrogens (primary N) is 2. The van der Waals surface area contributed by atoms with Crippen molar-refractivity contribution < 1.29 is 48.1 Å². The van der Waals surface area contributed by atoms with E-state index in [9.17, 15) is 29.1 Å². The molecule has 62 heavy (non-hydrogen) atoms. The van der Waals surface area contributed by atoms with E-state index in [-0.39, 0.29) is 36.8 Å². The number of hydrogen-bond acceptors (Lipinski definition) is 11. The minimum atomic E-state index is -2.21. The van der Waals surface area contributed by atoms with Gasteiger partial charge in [-0.05, 0) is 46.9 Å². The number of para-hydroxylation sites is 1. The maximum absolute atomic E-state index is 16.1. The molecule has 3 heterocycles. The third-order valence-electron chi connectivity index (χ3n) is 11.5. The van der Waals surface area contributed by atoms with E-state index < -0.39 is 83.3 Å². The van der Waals surface area contributed by atoms with E-state index in [0.29, 0.717) is 22.3 Å².